The minimum atomic E-state index is 0.571. The fourth-order valence-corrected chi connectivity index (χ4v) is 2.42. The van der Waals surface area contributed by atoms with Crippen LogP contribution < -0.4 is 10.6 Å². The molecule has 0 aromatic carbocycles. The summed E-state index contributed by atoms with van der Waals surface area (Å²) >= 11 is 0. The summed E-state index contributed by atoms with van der Waals surface area (Å²) in [5.41, 5.74) is 6.81. The van der Waals surface area contributed by atoms with Crippen molar-refractivity contribution in [3.63, 3.8) is 0 Å². The van der Waals surface area contributed by atoms with Gasteiger partial charge in [0.05, 0.1) is 0 Å². The quantitative estimate of drug-likeness (QED) is 0.874. The van der Waals surface area contributed by atoms with E-state index in [1.165, 1.54) is 0 Å². The number of rotatable bonds is 4. The minimum Gasteiger partial charge on any atom is -0.339 e. The normalized spacial score (nSPS) is 19.2. The van der Waals surface area contributed by atoms with Crippen LogP contribution in [0.5, 0.6) is 0 Å². The molecular formula is C14H25N5. The Morgan fingerprint density at radius 2 is 1.95 bits per heavy atom. The minimum absolute atomic E-state index is 0.571. The average Bonchev–Trinajstić information content (AvgIpc) is 2.65. The molecule has 5 heteroatoms. The SMILES string of the molecule is Cc1cnc(N2CCCN(CC(C)CN)CC2)nc1. The van der Waals surface area contributed by atoms with Crippen LogP contribution in [0.3, 0.4) is 0 Å². The van der Waals surface area contributed by atoms with E-state index in [9.17, 15) is 0 Å². The summed E-state index contributed by atoms with van der Waals surface area (Å²) in [5.74, 6) is 1.43. The van der Waals surface area contributed by atoms with Crippen LogP contribution in [0.15, 0.2) is 12.4 Å². The summed E-state index contributed by atoms with van der Waals surface area (Å²) in [6, 6.07) is 0. The van der Waals surface area contributed by atoms with E-state index in [2.05, 4.69) is 26.7 Å². The van der Waals surface area contributed by atoms with Crippen molar-refractivity contribution in [2.75, 3.05) is 44.2 Å². The molecule has 1 aliphatic rings. The fraction of sp³-hybridized carbons (Fsp3) is 0.714. The standard InChI is InChI=1S/C14H25N5/c1-12(8-15)11-18-4-3-5-19(7-6-18)14-16-9-13(2)10-17-14/h9-10,12H,3-8,11,15H2,1-2H3. The maximum atomic E-state index is 5.70. The Bertz CT molecular complexity index is 378. The molecule has 1 unspecified atom stereocenters. The summed E-state index contributed by atoms with van der Waals surface area (Å²) in [7, 11) is 0. The first-order valence-corrected chi connectivity index (χ1v) is 7.15. The monoisotopic (exact) mass is 263 g/mol. The van der Waals surface area contributed by atoms with E-state index in [-0.39, 0.29) is 0 Å². The van der Waals surface area contributed by atoms with Gasteiger partial charge in [-0.1, -0.05) is 6.92 Å². The second-order valence-electron chi connectivity index (χ2n) is 5.54. The zero-order valence-electron chi connectivity index (χ0n) is 12.0. The van der Waals surface area contributed by atoms with Gasteiger partial charge in [-0.05, 0) is 37.9 Å². The Hall–Kier alpha value is -1.20. The van der Waals surface area contributed by atoms with E-state index >= 15 is 0 Å². The second-order valence-corrected chi connectivity index (χ2v) is 5.54. The van der Waals surface area contributed by atoms with Gasteiger partial charge in [-0.15, -0.1) is 0 Å². The zero-order chi connectivity index (χ0) is 13.7. The number of hydrogen-bond acceptors (Lipinski definition) is 5. The molecule has 5 nitrogen and oxygen atoms in total. The number of nitrogens with two attached hydrogens (primary N) is 1. The van der Waals surface area contributed by atoms with Gasteiger partial charge in [0.15, 0.2) is 0 Å². The van der Waals surface area contributed by atoms with Crippen LogP contribution in [0.4, 0.5) is 5.95 Å². The summed E-state index contributed by atoms with van der Waals surface area (Å²) in [4.78, 5) is 13.6. The zero-order valence-corrected chi connectivity index (χ0v) is 12.0. The second kappa shape index (κ2) is 6.82. The first kappa shape index (κ1) is 14.2. The molecule has 19 heavy (non-hydrogen) atoms. The molecular weight excluding hydrogens is 238 g/mol. The molecule has 0 spiro atoms. The van der Waals surface area contributed by atoms with Gasteiger partial charge in [0.1, 0.15) is 0 Å². The van der Waals surface area contributed by atoms with Gasteiger partial charge >= 0.3 is 0 Å². The van der Waals surface area contributed by atoms with E-state index in [4.69, 9.17) is 5.73 Å². The molecule has 0 radical (unpaired) electrons. The lowest BCUT2D eigenvalue weighted by molar-refractivity contribution is 0.255. The Kier molecular flexibility index (Phi) is 5.10. The lowest BCUT2D eigenvalue weighted by Crippen LogP contribution is -2.35. The Labute approximate surface area is 115 Å². The number of aryl methyl sites for hydroxylation is 1. The lowest BCUT2D eigenvalue weighted by atomic mass is 10.1. The molecule has 1 aliphatic heterocycles. The molecule has 0 aliphatic carbocycles. The Morgan fingerprint density at radius 1 is 1.21 bits per heavy atom. The fourth-order valence-electron chi connectivity index (χ4n) is 2.42. The molecule has 1 atom stereocenters. The van der Waals surface area contributed by atoms with E-state index in [1.807, 2.05) is 19.3 Å². The van der Waals surface area contributed by atoms with Crippen molar-refractivity contribution in [3.05, 3.63) is 18.0 Å². The van der Waals surface area contributed by atoms with Gasteiger partial charge in [0.2, 0.25) is 5.95 Å². The van der Waals surface area contributed by atoms with Gasteiger partial charge in [-0.25, -0.2) is 9.97 Å². The molecule has 0 bridgehead atoms. The predicted octanol–water partition coefficient (Wildman–Crippen LogP) is 0.892. The van der Waals surface area contributed by atoms with Gasteiger partial charge in [-0.3, -0.25) is 0 Å². The highest BCUT2D eigenvalue weighted by Gasteiger charge is 2.17. The van der Waals surface area contributed by atoms with Crippen molar-refractivity contribution in [3.8, 4) is 0 Å². The van der Waals surface area contributed by atoms with Crippen LogP contribution in [0.25, 0.3) is 0 Å². The van der Waals surface area contributed by atoms with Gasteiger partial charge in [0.25, 0.3) is 0 Å². The van der Waals surface area contributed by atoms with E-state index in [0.717, 1.165) is 57.2 Å². The Morgan fingerprint density at radius 3 is 2.63 bits per heavy atom. The highest BCUT2D eigenvalue weighted by Crippen LogP contribution is 2.12. The van der Waals surface area contributed by atoms with Gasteiger partial charge in [-0.2, -0.15) is 0 Å². The van der Waals surface area contributed by atoms with Crippen molar-refractivity contribution in [2.45, 2.75) is 20.3 Å². The number of anilines is 1. The summed E-state index contributed by atoms with van der Waals surface area (Å²) in [5, 5.41) is 0. The third-order valence-electron chi connectivity index (χ3n) is 3.61. The van der Waals surface area contributed by atoms with E-state index in [0.29, 0.717) is 5.92 Å². The molecule has 1 aromatic heterocycles. The Balaban J connectivity index is 1.91. The molecule has 1 saturated heterocycles. The average molecular weight is 263 g/mol. The van der Waals surface area contributed by atoms with Crippen LogP contribution in [0, 0.1) is 12.8 Å². The molecule has 2 N–H and O–H groups in total. The molecule has 1 aromatic rings. The first-order valence-electron chi connectivity index (χ1n) is 7.15. The van der Waals surface area contributed by atoms with Gasteiger partial charge in [0, 0.05) is 38.6 Å². The molecule has 0 amide bonds. The van der Waals surface area contributed by atoms with Crippen LogP contribution in [-0.2, 0) is 0 Å². The highest BCUT2D eigenvalue weighted by atomic mass is 15.3. The highest BCUT2D eigenvalue weighted by molar-refractivity contribution is 5.29. The molecule has 106 valence electrons. The maximum absolute atomic E-state index is 5.70. The van der Waals surface area contributed by atoms with Crippen molar-refractivity contribution >= 4 is 5.95 Å². The molecule has 2 rings (SSSR count). The molecule has 2 heterocycles. The topological polar surface area (TPSA) is 58.3 Å². The van der Waals surface area contributed by atoms with Crippen molar-refractivity contribution in [2.24, 2.45) is 11.7 Å². The van der Waals surface area contributed by atoms with E-state index < -0.39 is 0 Å². The van der Waals surface area contributed by atoms with Crippen LogP contribution in [0.2, 0.25) is 0 Å². The molecule has 0 saturated carbocycles. The van der Waals surface area contributed by atoms with Crippen LogP contribution in [-0.4, -0.2) is 54.1 Å². The maximum Gasteiger partial charge on any atom is 0.225 e. The smallest absolute Gasteiger partial charge is 0.225 e. The van der Waals surface area contributed by atoms with Crippen molar-refractivity contribution in [1.29, 1.82) is 0 Å². The predicted molar refractivity (Wildman–Crippen MR) is 78.3 cm³/mol. The van der Waals surface area contributed by atoms with Crippen LogP contribution in [0.1, 0.15) is 18.9 Å². The van der Waals surface area contributed by atoms with Crippen molar-refractivity contribution < 1.29 is 0 Å². The number of hydrogen-bond donors (Lipinski definition) is 1. The van der Waals surface area contributed by atoms with Crippen molar-refractivity contribution in [1.82, 2.24) is 14.9 Å². The number of nitrogens with zero attached hydrogens (tertiary/aromatic N) is 4. The van der Waals surface area contributed by atoms with E-state index in [1.54, 1.807) is 0 Å². The first-order chi connectivity index (χ1) is 9.19. The third kappa shape index (κ3) is 4.14. The van der Waals surface area contributed by atoms with Crippen LogP contribution >= 0.6 is 0 Å². The molecule has 1 fully saturated rings. The third-order valence-corrected chi connectivity index (χ3v) is 3.61. The lowest BCUT2D eigenvalue weighted by Gasteiger charge is -2.24. The summed E-state index contributed by atoms with van der Waals surface area (Å²) < 4.78 is 0. The largest absolute Gasteiger partial charge is 0.339 e. The summed E-state index contributed by atoms with van der Waals surface area (Å²) in [6.45, 7) is 10.3. The summed E-state index contributed by atoms with van der Waals surface area (Å²) in [6.07, 6.45) is 4.94. The number of aromatic nitrogens is 2. The van der Waals surface area contributed by atoms with Gasteiger partial charge < -0.3 is 15.5 Å².